The van der Waals surface area contributed by atoms with Gasteiger partial charge in [-0.3, -0.25) is 5.41 Å². The minimum Gasteiger partial charge on any atom is -0.512 e. The van der Waals surface area contributed by atoms with Crippen molar-refractivity contribution in [3.63, 3.8) is 0 Å². The molecule has 7 nitrogen and oxygen atoms in total. The number of piperidine rings is 1. The number of carboxylic acids is 1. The first-order valence-electron chi connectivity index (χ1n) is 13.8. The molecule has 214 valence electrons. The maximum Gasteiger partial charge on any atom is 0.417 e. The van der Waals surface area contributed by atoms with Gasteiger partial charge in [0.25, 0.3) is 0 Å². The highest BCUT2D eigenvalue weighted by Crippen LogP contribution is 2.42. The number of rotatable bonds is 8. The minimum atomic E-state index is -4.62. The smallest absolute Gasteiger partial charge is 0.417 e. The SMILES string of the molecule is N=C(/C(COC1CC2CC[C@@H](C1)N2c1ccc2cc(C(=O)O)ccc2n1)=C(\O)C1CC1)c1ccccc1C(F)(F)F. The molecule has 1 aromatic heterocycles. The summed E-state index contributed by atoms with van der Waals surface area (Å²) in [6.07, 6.45) is -0.0259. The molecule has 2 aromatic carbocycles. The van der Waals surface area contributed by atoms with Crippen LogP contribution in [0.3, 0.4) is 0 Å². The van der Waals surface area contributed by atoms with Crippen molar-refractivity contribution in [2.75, 3.05) is 11.5 Å². The third kappa shape index (κ3) is 5.40. The fourth-order valence-electron chi connectivity index (χ4n) is 6.22. The van der Waals surface area contributed by atoms with Crippen molar-refractivity contribution < 1.29 is 32.9 Å². The molecule has 1 aliphatic carbocycles. The Balaban J connectivity index is 1.18. The predicted molar refractivity (Wildman–Crippen MR) is 148 cm³/mol. The minimum absolute atomic E-state index is 0.0428. The molecule has 41 heavy (non-hydrogen) atoms. The Hall–Kier alpha value is -3.92. The molecule has 3 aliphatic rings. The first-order valence-corrected chi connectivity index (χ1v) is 13.8. The second kappa shape index (κ2) is 10.5. The van der Waals surface area contributed by atoms with Gasteiger partial charge in [0.2, 0.25) is 0 Å². The molecule has 2 unspecified atom stereocenters. The summed E-state index contributed by atoms with van der Waals surface area (Å²) in [6.45, 7) is -0.127. The number of ether oxygens (including phenoxy) is 1. The summed E-state index contributed by atoms with van der Waals surface area (Å²) >= 11 is 0. The van der Waals surface area contributed by atoms with E-state index in [0.29, 0.717) is 18.4 Å². The molecular weight excluding hydrogens is 535 g/mol. The van der Waals surface area contributed by atoms with Gasteiger partial charge in [-0.1, -0.05) is 18.2 Å². The summed E-state index contributed by atoms with van der Waals surface area (Å²) < 4.78 is 47.3. The normalized spacial score (nSPS) is 23.0. The van der Waals surface area contributed by atoms with Crippen LogP contribution in [0.5, 0.6) is 0 Å². The Kier molecular flexibility index (Phi) is 6.97. The highest BCUT2D eigenvalue weighted by Gasteiger charge is 2.42. The largest absolute Gasteiger partial charge is 0.512 e. The van der Waals surface area contributed by atoms with E-state index in [9.17, 15) is 28.2 Å². The Bertz CT molecular complexity index is 1540. The molecule has 3 atom stereocenters. The molecule has 3 heterocycles. The Morgan fingerprint density at radius 1 is 1.00 bits per heavy atom. The van der Waals surface area contributed by atoms with Gasteiger partial charge in [0.1, 0.15) is 11.6 Å². The number of hydrogen-bond acceptors (Lipinski definition) is 6. The average Bonchev–Trinajstić information content (AvgIpc) is 3.76. The lowest BCUT2D eigenvalue weighted by Crippen LogP contribution is -2.46. The van der Waals surface area contributed by atoms with Crippen LogP contribution in [-0.4, -0.2) is 51.7 Å². The molecule has 0 amide bonds. The number of aromatic carboxylic acids is 1. The van der Waals surface area contributed by atoms with E-state index in [1.807, 2.05) is 12.1 Å². The van der Waals surface area contributed by atoms with Crippen molar-refractivity contribution in [3.8, 4) is 0 Å². The molecule has 2 aliphatic heterocycles. The van der Waals surface area contributed by atoms with E-state index in [-0.39, 0.29) is 58.9 Å². The third-order valence-electron chi connectivity index (χ3n) is 8.42. The third-order valence-corrected chi connectivity index (χ3v) is 8.42. The Morgan fingerprint density at radius 3 is 2.37 bits per heavy atom. The van der Waals surface area contributed by atoms with Crippen molar-refractivity contribution >= 4 is 28.4 Å². The van der Waals surface area contributed by atoms with E-state index < -0.39 is 17.7 Å². The van der Waals surface area contributed by atoms with Crippen LogP contribution in [0.15, 0.2) is 65.9 Å². The summed E-state index contributed by atoms with van der Waals surface area (Å²) in [5, 5.41) is 29.6. The van der Waals surface area contributed by atoms with Gasteiger partial charge in [-0.25, -0.2) is 9.78 Å². The summed E-state index contributed by atoms with van der Waals surface area (Å²) in [4.78, 5) is 18.4. The van der Waals surface area contributed by atoms with E-state index in [1.54, 1.807) is 18.2 Å². The van der Waals surface area contributed by atoms with E-state index >= 15 is 0 Å². The molecular formula is C31H30F3N3O4. The topological polar surface area (TPSA) is 107 Å². The maximum absolute atomic E-state index is 13.7. The number of hydrogen-bond donors (Lipinski definition) is 3. The van der Waals surface area contributed by atoms with Gasteiger partial charge >= 0.3 is 12.1 Å². The number of aliphatic hydroxyl groups is 1. The first kappa shape index (κ1) is 27.3. The first-order chi connectivity index (χ1) is 19.6. The molecule has 3 fully saturated rings. The van der Waals surface area contributed by atoms with Gasteiger partial charge in [-0.15, -0.1) is 0 Å². The number of allylic oxidation sites excluding steroid dienone is 1. The number of carbonyl (C=O) groups is 1. The number of nitrogens with zero attached hydrogens (tertiary/aromatic N) is 2. The highest BCUT2D eigenvalue weighted by atomic mass is 19.4. The zero-order valence-corrected chi connectivity index (χ0v) is 22.2. The van der Waals surface area contributed by atoms with Crippen molar-refractivity contribution in [3.05, 3.63) is 82.6 Å². The van der Waals surface area contributed by atoms with Gasteiger partial charge in [0, 0.05) is 34.5 Å². The number of fused-ring (bicyclic) bond motifs is 3. The van der Waals surface area contributed by atoms with E-state index in [0.717, 1.165) is 43.0 Å². The Morgan fingerprint density at radius 2 is 1.71 bits per heavy atom. The lowest BCUT2D eigenvalue weighted by molar-refractivity contribution is -0.137. The van der Waals surface area contributed by atoms with Crippen molar-refractivity contribution in [1.82, 2.24) is 4.98 Å². The highest BCUT2D eigenvalue weighted by molar-refractivity contribution is 6.12. The Labute approximate surface area is 234 Å². The number of halogens is 3. The van der Waals surface area contributed by atoms with Gasteiger partial charge in [0.05, 0.1) is 35.1 Å². The number of carboxylic acid groups (broad SMARTS) is 1. The van der Waals surface area contributed by atoms with Crippen LogP contribution in [0.1, 0.15) is 60.0 Å². The molecule has 0 spiro atoms. The predicted octanol–water partition coefficient (Wildman–Crippen LogP) is 6.76. The number of alkyl halides is 3. The van der Waals surface area contributed by atoms with Crippen LogP contribution >= 0.6 is 0 Å². The standard InChI is InChI=1S/C31H30F3N3O4/c32-31(33,34)25-4-2-1-3-23(25)28(35)24(29(38)17-5-6-17)16-41-22-14-20-9-10-21(15-22)37(20)27-12-8-18-13-19(30(39)40)7-11-26(18)36-27/h1-4,7-8,11-13,17,20-22,35,38H,5-6,9-10,14-16H2,(H,39,40)/b29-24-,35-28?/t20-,21?,22?/m0/s1. The molecule has 3 N–H and O–H groups in total. The quantitative estimate of drug-likeness (QED) is 0.206. The second-order valence-corrected chi connectivity index (χ2v) is 11.1. The van der Waals surface area contributed by atoms with Crippen LogP contribution in [0.25, 0.3) is 10.9 Å². The number of pyridine rings is 1. The van der Waals surface area contributed by atoms with Gasteiger partial charge in [-0.05, 0) is 74.9 Å². The van der Waals surface area contributed by atoms with Gasteiger partial charge in [0.15, 0.2) is 0 Å². The molecule has 0 radical (unpaired) electrons. The van der Waals surface area contributed by atoms with Crippen molar-refractivity contribution in [1.29, 1.82) is 5.41 Å². The van der Waals surface area contributed by atoms with Crippen molar-refractivity contribution in [2.24, 2.45) is 5.92 Å². The van der Waals surface area contributed by atoms with E-state index in [4.69, 9.17) is 15.1 Å². The van der Waals surface area contributed by atoms with Gasteiger partial charge in [-0.2, -0.15) is 13.2 Å². The molecule has 2 bridgehead atoms. The molecule has 10 heteroatoms. The van der Waals surface area contributed by atoms with Crippen LogP contribution < -0.4 is 4.90 Å². The summed E-state index contributed by atoms with van der Waals surface area (Å²) in [5.74, 6) is -0.349. The summed E-state index contributed by atoms with van der Waals surface area (Å²) in [5.41, 5.74) is -0.474. The molecule has 6 rings (SSSR count). The monoisotopic (exact) mass is 565 g/mol. The lowest BCUT2D eigenvalue weighted by Gasteiger charge is -2.40. The number of benzene rings is 2. The van der Waals surface area contributed by atoms with Crippen molar-refractivity contribution in [2.45, 2.75) is 62.9 Å². The maximum atomic E-state index is 13.7. The number of aromatic nitrogens is 1. The van der Waals surface area contributed by atoms with Crippen LogP contribution in [-0.2, 0) is 10.9 Å². The summed E-state index contributed by atoms with van der Waals surface area (Å²) in [7, 11) is 0. The zero-order valence-electron chi connectivity index (χ0n) is 22.2. The molecule has 2 saturated heterocycles. The second-order valence-electron chi connectivity index (χ2n) is 11.1. The number of anilines is 1. The van der Waals surface area contributed by atoms with Crippen LogP contribution in [0, 0.1) is 11.3 Å². The van der Waals surface area contributed by atoms with E-state index in [1.165, 1.54) is 18.2 Å². The molecule has 3 aromatic rings. The van der Waals surface area contributed by atoms with Gasteiger partial charge < -0.3 is 19.8 Å². The van der Waals surface area contributed by atoms with Crippen LogP contribution in [0.2, 0.25) is 0 Å². The van der Waals surface area contributed by atoms with E-state index in [2.05, 4.69) is 4.90 Å². The summed E-state index contributed by atoms with van der Waals surface area (Å²) in [6, 6.07) is 14.0. The number of nitrogens with one attached hydrogen (secondary N) is 1. The fourth-order valence-corrected chi connectivity index (χ4v) is 6.22. The number of aliphatic hydroxyl groups excluding tert-OH is 1. The lowest BCUT2D eigenvalue weighted by atomic mass is 9.95. The molecule has 1 saturated carbocycles. The van der Waals surface area contributed by atoms with Crippen LogP contribution in [0.4, 0.5) is 19.0 Å². The fraction of sp³-hybridized carbons (Fsp3) is 0.387. The average molecular weight is 566 g/mol. The zero-order chi connectivity index (χ0) is 28.9.